The molecule has 100 valence electrons. The number of benzene rings is 1. The number of nitrogens with zero attached hydrogens (tertiary/aromatic N) is 1. The molecule has 3 nitrogen and oxygen atoms in total. The number of para-hydroxylation sites is 1. The molecule has 0 saturated heterocycles. The van der Waals surface area contributed by atoms with Gasteiger partial charge in [-0.15, -0.1) is 0 Å². The van der Waals surface area contributed by atoms with E-state index in [9.17, 15) is 0 Å². The van der Waals surface area contributed by atoms with Crippen LogP contribution in [0.4, 0.5) is 0 Å². The molecule has 1 aromatic carbocycles. The molecule has 1 atom stereocenters. The zero-order chi connectivity index (χ0) is 13.4. The molecule has 0 saturated carbocycles. The average Bonchev–Trinajstić information content (AvgIpc) is 2.35. The van der Waals surface area contributed by atoms with Crippen LogP contribution in [0.25, 0.3) is 0 Å². The molecule has 0 heterocycles. The van der Waals surface area contributed by atoms with Gasteiger partial charge in [-0.3, -0.25) is 0 Å². The molecule has 1 unspecified atom stereocenters. The zero-order valence-electron chi connectivity index (χ0n) is 11.1. The summed E-state index contributed by atoms with van der Waals surface area (Å²) in [5.74, 6) is 1.19. The Bertz CT molecular complexity index is 356. The number of ether oxygens (including phenoxy) is 1. The van der Waals surface area contributed by atoms with E-state index in [4.69, 9.17) is 22.7 Å². The highest BCUT2D eigenvalue weighted by atomic mass is 32.1. The van der Waals surface area contributed by atoms with Crippen LogP contribution in [-0.4, -0.2) is 36.6 Å². The van der Waals surface area contributed by atoms with Gasteiger partial charge in [0.15, 0.2) is 0 Å². The van der Waals surface area contributed by atoms with E-state index < -0.39 is 0 Å². The van der Waals surface area contributed by atoms with Gasteiger partial charge >= 0.3 is 0 Å². The van der Waals surface area contributed by atoms with E-state index in [2.05, 4.69) is 18.9 Å². The molecular formula is C14H22N2OS. The average molecular weight is 266 g/mol. The first-order valence-electron chi connectivity index (χ1n) is 6.25. The number of nitrogens with two attached hydrogens (primary N) is 1. The maximum Gasteiger partial charge on any atom is 0.119 e. The smallest absolute Gasteiger partial charge is 0.119 e. The molecule has 0 spiro atoms. The molecule has 18 heavy (non-hydrogen) atoms. The zero-order valence-corrected chi connectivity index (χ0v) is 12.0. The Balaban J connectivity index is 2.12. The SMILES string of the molecule is CC(CN(C)CCCOc1ccccc1)C(N)=S. The molecule has 1 rings (SSSR count). The minimum absolute atomic E-state index is 0.264. The van der Waals surface area contributed by atoms with Crippen molar-refractivity contribution in [3.05, 3.63) is 30.3 Å². The Morgan fingerprint density at radius 1 is 1.39 bits per heavy atom. The topological polar surface area (TPSA) is 38.5 Å². The van der Waals surface area contributed by atoms with Crippen LogP contribution in [0.1, 0.15) is 13.3 Å². The quantitative estimate of drug-likeness (QED) is 0.579. The van der Waals surface area contributed by atoms with E-state index in [-0.39, 0.29) is 5.92 Å². The Labute approximate surface area is 115 Å². The Morgan fingerprint density at radius 2 is 2.06 bits per heavy atom. The maximum atomic E-state index is 5.63. The highest BCUT2D eigenvalue weighted by Crippen LogP contribution is 2.08. The van der Waals surface area contributed by atoms with E-state index in [1.807, 2.05) is 30.3 Å². The normalized spacial score (nSPS) is 12.4. The van der Waals surface area contributed by atoms with Crippen LogP contribution in [0.15, 0.2) is 30.3 Å². The van der Waals surface area contributed by atoms with Crippen molar-refractivity contribution >= 4 is 17.2 Å². The third-order valence-electron chi connectivity index (χ3n) is 2.77. The highest BCUT2D eigenvalue weighted by molar-refractivity contribution is 7.80. The Hall–Kier alpha value is -1.13. The first-order chi connectivity index (χ1) is 8.59. The molecule has 0 aliphatic carbocycles. The van der Waals surface area contributed by atoms with E-state index in [1.165, 1.54) is 0 Å². The van der Waals surface area contributed by atoms with Crippen LogP contribution >= 0.6 is 12.2 Å². The van der Waals surface area contributed by atoms with E-state index in [0.717, 1.165) is 31.9 Å². The molecular weight excluding hydrogens is 244 g/mol. The second-order valence-electron chi connectivity index (χ2n) is 4.58. The second kappa shape index (κ2) is 8.06. The molecule has 0 bridgehead atoms. The lowest BCUT2D eigenvalue weighted by molar-refractivity contribution is 0.256. The summed E-state index contributed by atoms with van der Waals surface area (Å²) in [4.78, 5) is 2.82. The van der Waals surface area contributed by atoms with Gasteiger partial charge in [-0.05, 0) is 25.6 Å². The van der Waals surface area contributed by atoms with Crippen molar-refractivity contribution in [1.82, 2.24) is 4.90 Å². The van der Waals surface area contributed by atoms with Crippen LogP contribution in [0.2, 0.25) is 0 Å². The van der Waals surface area contributed by atoms with Crippen molar-refractivity contribution in [2.75, 3.05) is 26.7 Å². The highest BCUT2D eigenvalue weighted by Gasteiger charge is 2.08. The summed E-state index contributed by atoms with van der Waals surface area (Å²) in [6.45, 7) is 4.68. The van der Waals surface area contributed by atoms with Gasteiger partial charge in [-0.25, -0.2) is 0 Å². The molecule has 0 aliphatic heterocycles. The molecule has 1 aromatic rings. The Morgan fingerprint density at radius 3 is 2.67 bits per heavy atom. The van der Waals surface area contributed by atoms with E-state index in [1.54, 1.807) is 0 Å². The first-order valence-corrected chi connectivity index (χ1v) is 6.66. The predicted molar refractivity (Wildman–Crippen MR) is 80.0 cm³/mol. The monoisotopic (exact) mass is 266 g/mol. The van der Waals surface area contributed by atoms with Crippen LogP contribution in [-0.2, 0) is 0 Å². The maximum absolute atomic E-state index is 5.63. The summed E-state index contributed by atoms with van der Waals surface area (Å²) < 4.78 is 5.63. The molecule has 0 aromatic heterocycles. The molecule has 0 amide bonds. The van der Waals surface area contributed by atoms with Crippen molar-refractivity contribution in [3.63, 3.8) is 0 Å². The molecule has 0 fully saturated rings. The van der Waals surface area contributed by atoms with Gasteiger partial charge < -0.3 is 15.4 Å². The summed E-state index contributed by atoms with van der Waals surface area (Å²) in [6, 6.07) is 9.88. The molecule has 4 heteroatoms. The Kier molecular flexibility index (Phi) is 6.68. The van der Waals surface area contributed by atoms with Gasteiger partial charge in [0, 0.05) is 19.0 Å². The third-order valence-corrected chi connectivity index (χ3v) is 3.17. The van der Waals surface area contributed by atoms with Crippen molar-refractivity contribution in [2.24, 2.45) is 11.7 Å². The lowest BCUT2D eigenvalue weighted by Gasteiger charge is -2.20. The van der Waals surface area contributed by atoms with Crippen LogP contribution in [0.3, 0.4) is 0 Å². The van der Waals surface area contributed by atoms with Crippen molar-refractivity contribution in [3.8, 4) is 5.75 Å². The minimum atomic E-state index is 0.264. The van der Waals surface area contributed by atoms with Gasteiger partial charge in [0.05, 0.1) is 11.6 Å². The van der Waals surface area contributed by atoms with Gasteiger partial charge in [0.25, 0.3) is 0 Å². The van der Waals surface area contributed by atoms with Gasteiger partial charge in [-0.2, -0.15) is 0 Å². The largest absolute Gasteiger partial charge is 0.494 e. The van der Waals surface area contributed by atoms with Crippen LogP contribution in [0, 0.1) is 5.92 Å². The summed E-state index contributed by atoms with van der Waals surface area (Å²) in [5.41, 5.74) is 5.60. The van der Waals surface area contributed by atoms with Crippen molar-refractivity contribution in [1.29, 1.82) is 0 Å². The predicted octanol–water partition coefficient (Wildman–Crippen LogP) is 2.31. The summed E-state index contributed by atoms with van der Waals surface area (Å²) >= 11 is 4.96. The fraction of sp³-hybridized carbons (Fsp3) is 0.500. The molecule has 2 N–H and O–H groups in total. The second-order valence-corrected chi connectivity index (χ2v) is 5.05. The van der Waals surface area contributed by atoms with Crippen molar-refractivity contribution < 1.29 is 4.74 Å². The fourth-order valence-corrected chi connectivity index (χ4v) is 1.76. The minimum Gasteiger partial charge on any atom is -0.494 e. The summed E-state index contributed by atoms with van der Waals surface area (Å²) in [6.07, 6.45) is 0.995. The number of thiocarbonyl (C=S) groups is 1. The van der Waals surface area contributed by atoms with Crippen LogP contribution in [0.5, 0.6) is 5.75 Å². The molecule has 0 radical (unpaired) electrons. The number of hydrogen-bond donors (Lipinski definition) is 1. The third kappa shape index (κ3) is 5.98. The fourth-order valence-electron chi connectivity index (χ4n) is 1.69. The summed E-state index contributed by atoms with van der Waals surface area (Å²) in [7, 11) is 2.08. The van der Waals surface area contributed by atoms with Crippen LogP contribution < -0.4 is 10.5 Å². The standard InChI is InChI=1S/C14H22N2OS/c1-12(14(15)18)11-16(2)9-6-10-17-13-7-4-3-5-8-13/h3-5,7-8,12H,6,9-11H2,1-2H3,(H2,15,18). The van der Waals surface area contributed by atoms with Gasteiger partial charge in [-0.1, -0.05) is 37.3 Å². The number of rotatable bonds is 8. The van der Waals surface area contributed by atoms with Gasteiger partial charge in [0.1, 0.15) is 5.75 Å². The number of hydrogen-bond acceptors (Lipinski definition) is 3. The first kappa shape index (κ1) is 14.9. The summed E-state index contributed by atoms with van der Waals surface area (Å²) in [5, 5.41) is 0. The van der Waals surface area contributed by atoms with Gasteiger partial charge in [0.2, 0.25) is 0 Å². The van der Waals surface area contributed by atoms with E-state index >= 15 is 0 Å². The molecule has 0 aliphatic rings. The van der Waals surface area contributed by atoms with Crippen molar-refractivity contribution in [2.45, 2.75) is 13.3 Å². The van der Waals surface area contributed by atoms with E-state index in [0.29, 0.717) is 4.99 Å². The lowest BCUT2D eigenvalue weighted by atomic mass is 10.1. The lowest BCUT2D eigenvalue weighted by Crippen LogP contribution is -2.32.